The van der Waals surface area contributed by atoms with Gasteiger partial charge in [-0.1, -0.05) is 11.3 Å². The zero-order valence-corrected chi connectivity index (χ0v) is 20.3. The molecule has 0 saturated carbocycles. The van der Waals surface area contributed by atoms with E-state index in [1.165, 1.54) is 22.2 Å². The fourth-order valence-corrected chi connectivity index (χ4v) is 4.90. The lowest BCUT2D eigenvalue weighted by molar-refractivity contribution is -0.125. The van der Waals surface area contributed by atoms with Crippen molar-refractivity contribution in [1.82, 2.24) is 19.9 Å². The number of benzene rings is 1. The summed E-state index contributed by atoms with van der Waals surface area (Å²) >= 11 is 1.24. The van der Waals surface area contributed by atoms with Gasteiger partial charge in [0.25, 0.3) is 5.56 Å². The highest BCUT2D eigenvalue weighted by Gasteiger charge is 2.26. The molecule has 0 atom stereocenters. The van der Waals surface area contributed by atoms with Gasteiger partial charge in [0.05, 0.1) is 12.2 Å². The van der Waals surface area contributed by atoms with Crippen LogP contribution in [0.4, 0.5) is 10.8 Å². The van der Waals surface area contributed by atoms with Crippen molar-refractivity contribution in [2.45, 2.75) is 26.3 Å². The van der Waals surface area contributed by atoms with Crippen LogP contribution in [0.25, 0.3) is 10.3 Å². The van der Waals surface area contributed by atoms with Crippen molar-refractivity contribution in [2.75, 3.05) is 37.0 Å². The average molecular weight is 499 g/mol. The summed E-state index contributed by atoms with van der Waals surface area (Å²) in [7, 11) is 1.64. The minimum atomic E-state index is -0.434. The van der Waals surface area contributed by atoms with Gasteiger partial charge in [-0.2, -0.15) is 4.98 Å². The van der Waals surface area contributed by atoms with Crippen LogP contribution in [0.2, 0.25) is 0 Å². The second-order valence-corrected chi connectivity index (χ2v) is 9.03. The van der Waals surface area contributed by atoms with E-state index in [4.69, 9.17) is 4.74 Å². The van der Waals surface area contributed by atoms with Crippen molar-refractivity contribution in [3.8, 4) is 0 Å². The van der Waals surface area contributed by atoms with E-state index >= 15 is 0 Å². The Kier molecular flexibility index (Phi) is 7.39. The molecule has 2 aromatic heterocycles. The molecular weight excluding hydrogens is 472 g/mol. The third-order valence-corrected chi connectivity index (χ3v) is 6.84. The number of hydrogen-bond acceptors (Lipinski definition) is 9. The van der Waals surface area contributed by atoms with Crippen LogP contribution in [-0.4, -0.2) is 59.1 Å². The number of thiazole rings is 1. The fraction of sp³-hybridized carbons (Fsp3) is 0.391. The zero-order valence-electron chi connectivity index (χ0n) is 19.4. The lowest BCUT2D eigenvalue weighted by Crippen LogP contribution is -2.39. The molecule has 1 fully saturated rings. The summed E-state index contributed by atoms with van der Waals surface area (Å²) in [4.78, 5) is 59.9. The third kappa shape index (κ3) is 5.48. The van der Waals surface area contributed by atoms with E-state index in [-0.39, 0.29) is 30.5 Å². The third-order valence-electron chi connectivity index (χ3n) is 5.75. The monoisotopic (exact) mass is 498 g/mol. The van der Waals surface area contributed by atoms with Crippen LogP contribution in [0.1, 0.15) is 30.1 Å². The van der Waals surface area contributed by atoms with Gasteiger partial charge in [0, 0.05) is 31.7 Å². The number of rotatable bonds is 7. The molecule has 12 heteroatoms. The largest absolute Gasteiger partial charge is 0.462 e. The van der Waals surface area contributed by atoms with Crippen LogP contribution in [-0.2, 0) is 20.9 Å². The van der Waals surface area contributed by atoms with Crippen molar-refractivity contribution in [3.05, 3.63) is 46.5 Å². The van der Waals surface area contributed by atoms with Crippen LogP contribution >= 0.6 is 11.3 Å². The van der Waals surface area contributed by atoms with E-state index in [9.17, 15) is 19.2 Å². The van der Waals surface area contributed by atoms with Gasteiger partial charge >= 0.3 is 5.97 Å². The molecule has 11 nitrogen and oxygen atoms in total. The molecule has 4 rings (SSSR count). The molecule has 0 radical (unpaired) electrons. The summed E-state index contributed by atoms with van der Waals surface area (Å²) in [5.74, 6) is -0.804. The normalized spacial score (nSPS) is 14.1. The number of aromatic nitrogens is 3. The predicted octanol–water partition coefficient (Wildman–Crippen LogP) is 1.63. The first-order chi connectivity index (χ1) is 16.9. The van der Waals surface area contributed by atoms with Gasteiger partial charge in [-0.15, -0.1) is 0 Å². The second kappa shape index (κ2) is 10.6. The Morgan fingerprint density at radius 1 is 1.17 bits per heavy atom. The molecule has 3 aromatic rings. The lowest BCUT2D eigenvalue weighted by Gasteiger charge is -2.30. The van der Waals surface area contributed by atoms with Crippen molar-refractivity contribution in [1.29, 1.82) is 0 Å². The molecule has 1 saturated heterocycles. The molecule has 0 aliphatic carbocycles. The number of piperidine rings is 1. The van der Waals surface area contributed by atoms with Gasteiger partial charge in [0.1, 0.15) is 17.6 Å². The maximum atomic E-state index is 13.0. The Hall–Kier alpha value is -3.80. The number of anilines is 2. The maximum absolute atomic E-state index is 13.0. The van der Waals surface area contributed by atoms with Gasteiger partial charge < -0.3 is 20.3 Å². The summed E-state index contributed by atoms with van der Waals surface area (Å²) in [5, 5.41) is 6.08. The number of nitrogens with zero attached hydrogens (tertiary/aromatic N) is 4. The van der Waals surface area contributed by atoms with Gasteiger partial charge in [0.15, 0.2) is 10.8 Å². The summed E-state index contributed by atoms with van der Waals surface area (Å²) in [6.45, 7) is 3.13. The van der Waals surface area contributed by atoms with Crippen LogP contribution in [0.3, 0.4) is 0 Å². The minimum Gasteiger partial charge on any atom is -0.462 e. The Balaban J connectivity index is 1.42. The van der Waals surface area contributed by atoms with E-state index in [0.29, 0.717) is 52.7 Å². The highest BCUT2D eigenvalue weighted by Crippen LogP contribution is 2.29. The van der Waals surface area contributed by atoms with Gasteiger partial charge in [-0.3, -0.25) is 19.0 Å². The molecule has 0 spiro atoms. The molecule has 0 unspecified atom stereocenters. The molecule has 2 amide bonds. The number of hydrogen-bond donors (Lipinski definition) is 2. The van der Waals surface area contributed by atoms with Crippen LogP contribution in [0, 0.1) is 5.92 Å². The quantitative estimate of drug-likeness (QED) is 0.469. The van der Waals surface area contributed by atoms with Crippen LogP contribution in [0.5, 0.6) is 0 Å². The highest BCUT2D eigenvalue weighted by molar-refractivity contribution is 7.22. The molecule has 2 N–H and O–H groups in total. The van der Waals surface area contributed by atoms with E-state index in [1.54, 1.807) is 38.2 Å². The Bertz CT molecular complexity index is 1290. The van der Waals surface area contributed by atoms with Gasteiger partial charge in [-0.05, 0) is 44.0 Å². The standard InChI is InChI=1S/C23H26N6O5S/c1-3-34-22(33)15-4-6-16(7-5-15)26-17(30)12-29-13-25-19-18(21(29)32)35-23(27-19)28-10-8-14(9-11-28)20(31)24-2/h4-7,13-14H,3,8-12H2,1-2H3,(H,24,31)(H,26,30). The first-order valence-corrected chi connectivity index (χ1v) is 12.1. The number of carbonyl (C=O) groups excluding carboxylic acids is 3. The van der Waals surface area contributed by atoms with Crippen molar-refractivity contribution < 1.29 is 19.1 Å². The second-order valence-electron chi connectivity index (χ2n) is 8.05. The molecule has 1 aliphatic rings. The van der Waals surface area contributed by atoms with E-state index in [1.807, 2.05) is 0 Å². The maximum Gasteiger partial charge on any atom is 0.338 e. The van der Waals surface area contributed by atoms with Crippen LogP contribution < -0.4 is 21.1 Å². The van der Waals surface area contributed by atoms with Gasteiger partial charge in [-0.25, -0.2) is 9.78 Å². The number of esters is 1. The van der Waals surface area contributed by atoms with Crippen molar-refractivity contribution >= 4 is 50.3 Å². The summed E-state index contributed by atoms with van der Waals surface area (Å²) in [6, 6.07) is 6.31. The lowest BCUT2D eigenvalue weighted by atomic mass is 9.96. The number of fused-ring (bicyclic) bond motifs is 1. The highest BCUT2D eigenvalue weighted by atomic mass is 32.1. The molecular formula is C23H26N6O5S. The van der Waals surface area contributed by atoms with E-state index in [0.717, 1.165) is 0 Å². The molecule has 35 heavy (non-hydrogen) atoms. The van der Waals surface area contributed by atoms with Crippen molar-refractivity contribution in [3.63, 3.8) is 0 Å². The van der Waals surface area contributed by atoms with E-state index < -0.39 is 11.9 Å². The summed E-state index contributed by atoms with van der Waals surface area (Å²) < 4.78 is 6.56. The SMILES string of the molecule is CCOC(=O)c1ccc(NC(=O)Cn2cnc3nc(N4CCC(C(=O)NC)CC4)sc3c2=O)cc1. The number of carbonyl (C=O) groups is 3. The minimum absolute atomic E-state index is 0.0131. The van der Waals surface area contributed by atoms with E-state index in [2.05, 4.69) is 25.5 Å². The van der Waals surface area contributed by atoms with Gasteiger partial charge in [0.2, 0.25) is 11.8 Å². The Labute approximate surface area is 205 Å². The molecule has 1 aromatic carbocycles. The molecule has 3 heterocycles. The molecule has 1 aliphatic heterocycles. The first kappa shape index (κ1) is 24.3. The smallest absolute Gasteiger partial charge is 0.338 e. The average Bonchev–Trinajstić information content (AvgIpc) is 3.31. The summed E-state index contributed by atoms with van der Waals surface area (Å²) in [6.07, 6.45) is 2.75. The molecule has 0 bridgehead atoms. The zero-order chi connectivity index (χ0) is 24.9. The Morgan fingerprint density at radius 3 is 2.54 bits per heavy atom. The van der Waals surface area contributed by atoms with Crippen LogP contribution in [0.15, 0.2) is 35.4 Å². The predicted molar refractivity (Wildman–Crippen MR) is 132 cm³/mol. The fourth-order valence-electron chi connectivity index (χ4n) is 3.88. The Morgan fingerprint density at radius 2 is 1.89 bits per heavy atom. The topological polar surface area (TPSA) is 136 Å². The summed E-state index contributed by atoms with van der Waals surface area (Å²) in [5.41, 5.74) is 0.876. The number of nitrogens with one attached hydrogen (secondary N) is 2. The first-order valence-electron chi connectivity index (χ1n) is 11.3. The van der Waals surface area contributed by atoms with Crippen molar-refractivity contribution in [2.24, 2.45) is 5.92 Å². The number of amides is 2. The number of ether oxygens (including phenoxy) is 1. The molecule has 184 valence electrons.